The first-order valence-corrected chi connectivity index (χ1v) is 10.5. The Morgan fingerprint density at radius 2 is 1.87 bits per heavy atom. The van der Waals surface area contributed by atoms with Crippen molar-refractivity contribution in [1.29, 1.82) is 0 Å². The number of aromatic nitrogens is 1. The van der Waals surface area contributed by atoms with Crippen LogP contribution in [0, 0.1) is 0 Å². The molecule has 8 heteroatoms. The van der Waals surface area contributed by atoms with Gasteiger partial charge in [-0.3, -0.25) is 14.6 Å². The molecule has 7 nitrogen and oxygen atoms in total. The second-order valence-corrected chi connectivity index (χ2v) is 8.03. The number of methoxy groups -OCH3 is 2. The number of carbonyl (C=O) groups is 2. The number of Topliss-reactive ketones (excluding diaryl/α,β-unsaturated/α-hetero) is 1. The minimum Gasteiger partial charge on any atom is -0.507 e. The normalized spacial score (nSPS) is 21.0. The molecule has 1 saturated carbocycles. The first-order chi connectivity index (χ1) is 15.0. The van der Waals surface area contributed by atoms with Gasteiger partial charge in [-0.05, 0) is 30.5 Å². The number of nitrogens with zero attached hydrogens (tertiary/aromatic N) is 2. The number of ketones is 1. The third-order valence-electron chi connectivity index (χ3n) is 5.93. The lowest BCUT2D eigenvalue weighted by Crippen LogP contribution is -2.37. The molecule has 1 aliphatic heterocycles. The second-order valence-electron chi connectivity index (χ2n) is 7.62. The van der Waals surface area contributed by atoms with E-state index in [1.807, 2.05) is 0 Å². The van der Waals surface area contributed by atoms with Gasteiger partial charge in [-0.2, -0.15) is 0 Å². The summed E-state index contributed by atoms with van der Waals surface area (Å²) in [5.41, 5.74) is 0.879. The van der Waals surface area contributed by atoms with Crippen molar-refractivity contribution in [3.63, 3.8) is 0 Å². The lowest BCUT2D eigenvalue weighted by Gasteiger charge is -2.30. The number of aliphatic hydroxyl groups excluding tert-OH is 1. The number of carbonyl (C=O) groups excluding carboxylic acids is 2. The molecule has 1 amide bonds. The van der Waals surface area contributed by atoms with E-state index in [4.69, 9.17) is 21.1 Å². The molecule has 1 aromatic carbocycles. The van der Waals surface area contributed by atoms with E-state index in [1.54, 1.807) is 29.4 Å². The number of pyridine rings is 1. The maximum atomic E-state index is 13.2. The van der Waals surface area contributed by atoms with Crippen LogP contribution < -0.4 is 9.47 Å². The third-order valence-corrected chi connectivity index (χ3v) is 6.22. The van der Waals surface area contributed by atoms with Crippen molar-refractivity contribution in [2.45, 2.75) is 37.8 Å². The van der Waals surface area contributed by atoms with E-state index in [1.165, 1.54) is 26.4 Å². The molecule has 1 N–H and O–H groups in total. The zero-order valence-corrected chi connectivity index (χ0v) is 18.1. The highest BCUT2D eigenvalue weighted by Gasteiger charge is 2.49. The summed E-state index contributed by atoms with van der Waals surface area (Å²) < 4.78 is 10.6. The van der Waals surface area contributed by atoms with E-state index in [0.717, 1.165) is 25.7 Å². The van der Waals surface area contributed by atoms with Gasteiger partial charge in [0.25, 0.3) is 11.7 Å². The summed E-state index contributed by atoms with van der Waals surface area (Å²) in [7, 11) is 2.91. The average Bonchev–Trinajstić information content (AvgIpc) is 3.40. The maximum absolute atomic E-state index is 13.2. The van der Waals surface area contributed by atoms with Gasteiger partial charge >= 0.3 is 0 Å². The quantitative estimate of drug-likeness (QED) is 0.425. The van der Waals surface area contributed by atoms with Crippen molar-refractivity contribution < 1.29 is 24.2 Å². The molecule has 31 heavy (non-hydrogen) atoms. The number of rotatable bonds is 5. The number of amides is 1. The molecule has 162 valence electrons. The molecule has 4 rings (SSSR count). The Morgan fingerprint density at radius 1 is 1.16 bits per heavy atom. The van der Waals surface area contributed by atoms with Crippen LogP contribution >= 0.6 is 11.6 Å². The first-order valence-electron chi connectivity index (χ1n) is 10.1. The standard InChI is InChI=1S/C23H23ClN2O5/c1-30-17-11-18(31-2)16(24)10-15(17)21(27)19-20(13-6-5-9-25-12-13)26(23(29)22(19)28)14-7-3-4-8-14/h5-6,9-12,14,20,27H,3-4,7-8H2,1-2H3/b21-19+. The number of likely N-dealkylation sites (tertiary alicyclic amines) is 1. The van der Waals surface area contributed by atoms with Crippen molar-refractivity contribution in [1.82, 2.24) is 9.88 Å². The Hall–Kier alpha value is -3.06. The van der Waals surface area contributed by atoms with Crippen LogP contribution in [0.4, 0.5) is 0 Å². The Kier molecular flexibility index (Phi) is 5.87. The van der Waals surface area contributed by atoms with Gasteiger partial charge in [-0.25, -0.2) is 0 Å². The number of benzene rings is 1. The maximum Gasteiger partial charge on any atom is 0.295 e. The van der Waals surface area contributed by atoms with E-state index < -0.39 is 17.7 Å². The van der Waals surface area contributed by atoms with Crippen LogP contribution in [-0.4, -0.2) is 46.9 Å². The fourth-order valence-corrected chi connectivity index (χ4v) is 4.71. The molecule has 1 atom stereocenters. The van der Waals surface area contributed by atoms with Crippen LogP contribution in [0.5, 0.6) is 11.5 Å². The van der Waals surface area contributed by atoms with Gasteiger partial charge in [-0.15, -0.1) is 0 Å². The number of aliphatic hydroxyl groups is 1. The number of hydrogen-bond acceptors (Lipinski definition) is 6. The molecular weight excluding hydrogens is 420 g/mol. The number of hydrogen-bond donors (Lipinski definition) is 1. The molecule has 0 bridgehead atoms. The van der Waals surface area contributed by atoms with E-state index >= 15 is 0 Å². The molecule has 2 aliphatic rings. The highest BCUT2D eigenvalue weighted by Crippen LogP contribution is 2.45. The van der Waals surface area contributed by atoms with Crippen LogP contribution in [-0.2, 0) is 9.59 Å². The highest BCUT2D eigenvalue weighted by molar-refractivity contribution is 6.46. The molecule has 1 aliphatic carbocycles. The zero-order chi connectivity index (χ0) is 22.1. The van der Waals surface area contributed by atoms with Crippen molar-refractivity contribution >= 4 is 29.1 Å². The van der Waals surface area contributed by atoms with Gasteiger partial charge in [0.15, 0.2) is 0 Å². The van der Waals surface area contributed by atoms with E-state index in [9.17, 15) is 14.7 Å². The number of halogens is 1. The predicted molar refractivity (Wildman–Crippen MR) is 115 cm³/mol. The van der Waals surface area contributed by atoms with Gasteiger partial charge in [0.05, 0.1) is 36.4 Å². The van der Waals surface area contributed by atoms with Crippen molar-refractivity contribution in [2.24, 2.45) is 0 Å². The fraction of sp³-hybridized carbons (Fsp3) is 0.348. The minimum atomic E-state index is -0.734. The summed E-state index contributed by atoms with van der Waals surface area (Å²) in [6, 6.07) is 5.75. The smallest absolute Gasteiger partial charge is 0.295 e. The summed E-state index contributed by atoms with van der Waals surface area (Å²) in [5, 5.41) is 11.5. The first kappa shape index (κ1) is 21.2. The van der Waals surface area contributed by atoms with Gasteiger partial charge in [0.1, 0.15) is 17.3 Å². The highest BCUT2D eigenvalue weighted by atomic mass is 35.5. The number of ether oxygens (including phenoxy) is 2. The average molecular weight is 443 g/mol. The SMILES string of the molecule is COc1cc(OC)c(/C(O)=C2\C(=O)C(=O)N(C3CCCC3)C2c2cccnc2)cc1Cl. The van der Waals surface area contributed by atoms with Crippen LogP contribution in [0.3, 0.4) is 0 Å². The molecule has 0 radical (unpaired) electrons. The van der Waals surface area contributed by atoms with Crippen LogP contribution in [0.15, 0.2) is 42.2 Å². The van der Waals surface area contributed by atoms with Gasteiger partial charge in [-0.1, -0.05) is 30.5 Å². The van der Waals surface area contributed by atoms with Crippen molar-refractivity contribution in [3.05, 3.63) is 58.4 Å². The predicted octanol–water partition coefficient (Wildman–Crippen LogP) is 4.12. The van der Waals surface area contributed by atoms with Gasteiger partial charge in [0.2, 0.25) is 0 Å². The lowest BCUT2D eigenvalue weighted by molar-refractivity contribution is -0.141. The minimum absolute atomic E-state index is 0.00411. The monoisotopic (exact) mass is 442 g/mol. The summed E-state index contributed by atoms with van der Waals surface area (Å²) in [6.07, 6.45) is 6.87. The molecule has 2 aromatic rings. The fourth-order valence-electron chi connectivity index (χ4n) is 4.46. The molecule has 0 spiro atoms. The molecule has 2 heterocycles. The zero-order valence-electron chi connectivity index (χ0n) is 17.3. The molecule has 2 fully saturated rings. The molecule has 1 saturated heterocycles. The Bertz CT molecular complexity index is 1050. The van der Waals surface area contributed by atoms with Gasteiger partial charge < -0.3 is 19.5 Å². The van der Waals surface area contributed by atoms with Gasteiger partial charge in [0, 0.05) is 24.5 Å². The van der Waals surface area contributed by atoms with Crippen molar-refractivity contribution in [3.8, 4) is 11.5 Å². The van der Waals surface area contributed by atoms with Crippen molar-refractivity contribution in [2.75, 3.05) is 14.2 Å². The topological polar surface area (TPSA) is 89.0 Å². The largest absolute Gasteiger partial charge is 0.507 e. The summed E-state index contributed by atoms with van der Waals surface area (Å²) in [4.78, 5) is 32.0. The lowest BCUT2D eigenvalue weighted by atomic mass is 9.95. The summed E-state index contributed by atoms with van der Waals surface area (Å²) in [6.45, 7) is 0. The Labute approximate surface area is 185 Å². The molecular formula is C23H23ClN2O5. The molecule has 1 unspecified atom stereocenters. The van der Waals surface area contributed by atoms with Crippen LogP contribution in [0.2, 0.25) is 5.02 Å². The third kappa shape index (κ3) is 3.63. The summed E-state index contributed by atoms with van der Waals surface area (Å²) in [5.74, 6) is -1.04. The summed E-state index contributed by atoms with van der Waals surface area (Å²) >= 11 is 6.27. The van der Waals surface area contributed by atoms with E-state index in [-0.39, 0.29) is 33.7 Å². The van der Waals surface area contributed by atoms with E-state index in [0.29, 0.717) is 11.3 Å². The van der Waals surface area contributed by atoms with Crippen LogP contribution in [0.25, 0.3) is 5.76 Å². The Morgan fingerprint density at radius 3 is 2.48 bits per heavy atom. The van der Waals surface area contributed by atoms with Crippen LogP contribution in [0.1, 0.15) is 42.9 Å². The second kappa shape index (κ2) is 8.59. The van der Waals surface area contributed by atoms with E-state index in [2.05, 4.69) is 4.98 Å². The molecule has 1 aromatic heterocycles. The Balaban J connectivity index is 1.92.